The maximum absolute atomic E-state index is 13.9. The van der Waals surface area contributed by atoms with Crippen LogP contribution in [0.15, 0.2) is 71.6 Å². The highest BCUT2D eigenvalue weighted by Gasteiger charge is 2.73. The Labute approximate surface area is 264 Å². The summed E-state index contributed by atoms with van der Waals surface area (Å²) in [6, 6.07) is 15.8. The van der Waals surface area contributed by atoms with Crippen LogP contribution >= 0.6 is 0 Å². The Morgan fingerprint density at radius 2 is 1.98 bits per heavy atom. The van der Waals surface area contributed by atoms with E-state index >= 15 is 0 Å². The third-order valence-electron chi connectivity index (χ3n) is 10.5. The van der Waals surface area contributed by atoms with Gasteiger partial charge < -0.3 is 23.9 Å². The molecule has 1 saturated heterocycles. The fourth-order valence-corrected chi connectivity index (χ4v) is 8.75. The van der Waals surface area contributed by atoms with Crippen molar-refractivity contribution in [3.63, 3.8) is 0 Å². The summed E-state index contributed by atoms with van der Waals surface area (Å²) in [6.07, 6.45) is 9.55. The van der Waals surface area contributed by atoms with Crippen molar-refractivity contribution >= 4 is 18.0 Å². The number of nitrogens with zero attached hydrogens (tertiary/aromatic N) is 2. The van der Waals surface area contributed by atoms with Gasteiger partial charge in [-0.05, 0) is 73.9 Å². The number of aliphatic hydroxyl groups is 1. The zero-order valence-corrected chi connectivity index (χ0v) is 26.3. The van der Waals surface area contributed by atoms with E-state index in [1.807, 2.05) is 29.2 Å². The molecule has 2 fully saturated rings. The Kier molecular flexibility index (Phi) is 7.61. The average molecular weight is 611 g/mol. The van der Waals surface area contributed by atoms with Gasteiger partial charge in [0.25, 0.3) is 0 Å². The lowest BCUT2D eigenvalue weighted by atomic mass is 9.48. The molecule has 2 aliphatic carbocycles. The van der Waals surface area contributed by atoms with Gasteiger partial charge >= 0.3 is 5.97 Å². The van der Waals surface area contributed by atoms with Crippen molar-refractivity contribution in [2.45, 2.75) is 82.1 Å². The maximum atomic E-state index is 13.9. The highest BCUT2D eigenvalue weighted by Crippen LogP contribution is 2.66. The normalized spacial score (nSPS) is 28.2. The SMILES string of the molecule is CC(=O)Oc1ccc2c3c1O[C@H]1[C@H](N(CC(C)C)C(=O)/C=C/c4ccoc4)CC[C@@]4(O)[C@@H](C2)N(CCc2ccccc2)CC[C@]314. The fraction of sp³-hybridized carbons (Fsp3) is 0.459. The molecule has 236 valence electrons. The van der Waals surface area contributed by atoms with Gasteiger partial charge in [0.1, 0.15) is 6.10 Å². The van der Waals surface area contributed by atoms with Crippen molar-refractivity contribution in [3.8, 4) is 11.5 Å². The van der Waals surface area contributed by atoms with E-state index in [0.29, 0.717) is 43.7 Å². The summed E-state index contributed by atoms with van der Waals surface area (Å²) in [5, 5.41) is 13.0. The summed E-state index contributed by atoms with van der Waals surface area (Å²) in [5.41, 5.74) is 2.42. The summed E-state index contributed by atoms with van der Waals surface area (Å²) >= 11 is 0. The summed E-state index contributed by atoms with van der Waals surface area (Å²) in [4.78, 5) is 30.5. The molecular formula is C37H42N2O6. The number of piperidine rings is 1. The molecule has 0 unspecified atom stereocenters. The zero-order chi connectivity index (χ0) is 31.3. The fourth-order valence-electron chi connectivity index (χ4n) is 8.75. The van der Waals surface area contributed by atoms with Crippen LogP contribution < -0.4 is 9.47 Å². The van der Waals surface area contributed by atoms with E-state index in [2.05, 4.69) is 43.0 Å². The van der Waals surface area contributed by atoms with Crippen LogP contribution in [-0.4, -0.2) is 70.2 Å². The molecule has 2 aromatic carbocycles. The van der Waals surface area contributed by atoms with Crippen molar-refractivity contribution in [1.29, 1.82) is 0 Å². The smallest absolute Gasteiger partial charge is 0.308 e. The number of amides is 1. The van der Waals surface area contributed by atoms with Gasteiger partial charge in [0.05, 0.1) is 29.6 Å². The lowest BCUT2D eigenvalue weighted by Gasteiger charge is -2.65. The molecule has 1 saturated carbocycles. The number of carbonyl (C=O) groups excluding carboxylic acids is 2. The third-order valence-corrected chi connectivity index (χ3v) is 10.5. The second-order valence-corrected chi connectivity index (χ2v) is 13.6. The minimum Gasteiger partial charge on any atom is -0.483 e. The summed E-state index contributed by atoms with van der Waals surface area (Å²) < 4.78 is 17.8. The lowest BCUT2D eigenvalue weighted by Crippen LogP contribution is -2.78. The number of carbonyl (C=O) groups is 2. The van der Waals surface area contributed by atoms with Crippen molar-refractivity contribution < 1.29 is 28.6 Å². The minimum absolute atomic E-state index is 0.0877. The Morgan fingerprint density at radius 3 is 2.71 bits per heavy atom. The van der Waals surface area contributed by atoms with Crippen LogP contribution in [0.5, 0.6) is 11.5 Å². The molecule has 1 aromatic heterocycles. The number of hydrogen-bond donors (Lipinski definition) is 1. The number of furan rings is 1. The largest absolute Gasteiger partial charge is 0.483 e. The van der Waals surface area contributed by atoms with Gasteiger partial charge in [-0.3, -0.25) is 14.5 Å². The molecule has 45 heavy (non-hydrogen) atoms. The van der Waals surface area contributed by atoms with E-state index in [1.165, 1.54) is 12.5 Å². The van der Waals surface area contributed by atoms with Gasteiger partial charge in [-0.15, -0.1) is 0 Å². The maximum Gasteiger partial charge on any atom is 0.308 e. The Bertz CT molecular complexity index is 1600. The number of hydrogen-bond acceptors (Lipinski definition) is 7. The van der Waals surface area contributed by atoms with Crippen molar-refractivity contribution in [2.75, 3.05) is 19.6 Å². The Balaban J connectivity index is 1.29. The standard InChI is InChI=1S/C37H42N2O6/c1-24(2)22-39(32(41)12-9-27-15-20-43-23-27)29-13-16-37(42)31-21-28-10-11-30(44-25(3)40)34-33(28)36(37,35(29)45-34)17-19-38(31)18-14-26-7-5-4-6-8-26/h4-12,15,20,23-24,29,31,35,42H,13-14,16-19,21-22H2,1-3H3/b12-9+/t29-,31-,35+,36+,37-/m1/s1. The summed E-state index contributed by atoms with van der Waals surface area (Å²) in [6.45, 7) is 7.83. The topological polar surface area (TPSA) is 92.5 Å². The number of benzene rings is 2. The molecular weight excluding hydrogens is 568 g/mol. The predicted molar refractivity (Wildman–Crippen MR) is 170 cm³/mol. The van der Waals surface area contributed by atoms with Crippen LogP contribution in [0.3, 0.4) is 0 Å². The van der Waals surface area contributed by atoms with Gasteiger partial charge in [0.15, 0.2) is 11.5 Å². The zero-order valence-electron chi connectivity index (χ0n) is 26.3. The molecule has 7 rings (SSSR count). The van der Waals surface area contributed by atoms with E-state index in [1.54, 1.807) is 24.7 Å². The third kappa shape index (κ3) is 4.90. The molecule has 3 heterocycles. The Morgan fingerprint density at radius 1 is 1.16 bits per heavy atom. The molecule has 3 aromatic rings. The van der Waals surface area contributed by atoms with Crippen LogP contribution in [0.25, 0.3) is 6.08 Å². The molecule has 1 N–H and O–H groups in total. The van der Waals surface area contributed by atoms with Crippen molar-refractivity contribution in [3.05, 3.63) is 89.4 Å². The van der Waals surface area contributed by atoms with Gasteiger partial charge in [-0.1, -0.05) is 50.2 Å². The summed E-state index contributed by atoms with van der Waals surface area (Å²) in [5.74, 6) is 0.658. The van der Waals surface area contributed by atoms with Crippen LogP contribution in [-0.2, 0) is 27.8 Å². The number of likely N-dealkylation sites (tertiary alicyclic amines) is 1. The van der Waals surface area contributed by atoms with Gasteiger partial charge in [-0.2, -0.15) is 0 Å². The highest BCUT2D eigenvalue weighted by atomic mass is 16.6. The van der Waals surface area contributed by atoms with Crippen molar-refractivity contribution in [1.82, 2.24) is 9.80 Å². The molecule has 1 amide bonds. The number of rotatable bonds is 9. The van der Waals surface area contributed by atoms with E-state index < -0.39 is 23.1 Å². The van der Waals surface area contributed by atoms with Crippen LogP contribution in [0.4, 0.5) is 0 Å². The first-order chi connectivity index (χ1) is 21.7. The molecule has 2 bridgehead atoms. The quantitative estimate of drug-likeness (QED) is 0.203. The first-order valence-electron chi connectivity index (χ1n) is 16.2. The molecule has 0 radical (unpaired) electrons. The monoisotopic (exact) mass is 610 g/mol. The first-order valence-corrected chi connectivity index (χ1v) is 16.2. The molecule has 2 aliphatic heterocycles. The molecule has 8 heteroatoms. The minimum atomic E-state index is -1.06. The molecule has 4 aliphatic rings. The number of esters is 1. The summed E-state index contributed by atoms with van der Waals surface area (Å²) in [7, 11) is 0. The second kappa shape index (κ2) is 11.5. The van der Waals surface area contributed by atoms with E-state index in [0.717, 1.165) is 36.2 Å². The van der Waals surface area contributed by atoms with E-state index in [9.17, 15) is 14.7 Å². The van der Waals surface area contributed by atoms with Crippen LogP contribution in [0.1, 0.15) is 62.3 Å². The van der Waals surface area contributed by atoms with Gasteiger partial charge in [0, 0.05) is 43.3 Å². The average Bonchev–Trinajstić information content (AvgIpc) is 3.66. The van der Waals surface area contributed by atoms with Crippen LogP contribution in [0.2, 0.25) is 0 Å². The van der Waals surface area contributed by atoms with E-state index in [-0.39, 0.29) is 23.9 Å². The van der Waals surface area contributed by atoms with Crippen molar-refractivity contribution in [2.24, 2.45) is 5.92 Å². The Hall–Kier alpha value is -3.88. The first kappa shape index (κ1) is 29.8. The second-order valence-electron chi connectivity index (χ2n) is 13.6. The lowest BCUT2D eigenvalue weighted by molar-refractivity contribution is -0.201. The molecule has 5 atom stereocenters. The van der Waals surface area contributed by atoms with Gasteiger partial charge in [0.2, 0.25) is 5.91 Å². The van der Waals surface area contributed by atoms with E-state index in [4.69, 9.17) is 13.9 Å². The van der Waals surface area contributed by atoms with Gasteiger partial charge in [-0.25, -0.2) is 0 Å². The molecule has 8 nitrogen and oxygen atoms in total. The highest BCUT2D eigenvalue weighted by molar-refractivity contribution is 5.92. The molecule has 1 spiro atoms. The van der Waals surface area contributed by atoms with Crippen LogP contribution in [0, 0.1) is 5.92 Å². The number of ether oxygens (including phenoxy) is 2. The predicted octanol–water partition coefficient (Wildman–Crippen LogP) is 5.17.